The summed E-state index contributed by atoms with van der Waals surface area (Å²) >= 11 is 0. The monoisotopic (exact) mass is 277 g/mol. The van der Waals surface area contributed by atoms with Crippen LogP contribution < -0.4 is 10.1 Å². The molecule has 1 spiro atoms. The number of fused-ring (bicyclic) bond motifs is 1. The lowest BCUT2D eigenvalue weighted by molar-refractivity contribution is -0.0144. The molecular weight excluding hydrogens is 253 g/mol. The first-order chi connectivity index (χ1) is 9.65. The topological polar surface area (TPSA) is 21.3 Å². The lowest BCUT2D eigenvalue weighted by Gasteiger charge is -2.46. The van der Waals surface area contributed by atoms with Crippen LogP contribution in [0.4, 0.5) is 4.39 Å². The molecular formula is C17H24FNO. The molecule has 3 rings (SSSR count). The smallest absolute Gasteiger partial charge is 0.125 e. The highest BCUT2D eigenvalue weighted by Crippen LogP contribution is 2.47. The van der Waals surface area contributed by atoms with Gasteiger partial charge in [-0.2, -0.15) is 0 Å². The highest BCUT2D eigenvalue weighted by Gasteiger charge is 2.42. The van der Waals surface area contributed by atoms with Crippen molar-refractivity contribution in [3.8, 4) is 5.75 Å². The quantitative estimate of drug-likeness (QED) is 0.874. The van der Waals surface area contributed by atoms with Crippen molar-refractivity contribution in [1.82, 2.24) is 5.32 Å². The molecule has 1 fully saturated rings. The molecule has 1 aromatic rings. The van der Waals surface area contributed by atoms with Crippen LogP contribution in [-0.4, -0.2) is 12.6 Å². The Bertz CT molecular complexity index is 480. The number of benzene rings is 1. The van der Waals surface area contributed by atoms with Crippen molar-refractivity contribution >= 4 is 0 Å². The Hall–Kier alpha value is -1.09. The van der Waals surface area contributed by atoms with E-state index in [0.717, 1.165) is 36.5 Å². The second-order valence-corrected chi connectivity index (χ2v) is 6.36. The van der Waals surface area contributed by atoms with E-state index in [1.165, 1.54) is 25.3 Å². The van der Waals surface area contributed by atoms with Crippen LogP contribution in [-0.2, 0) is 0 Å². The minimum absolute atomic E-state index is 0.0375. The van der Waals surface area contributed by atoms with Crippen LogP contribution in [0.5, 0.6) is 5.75 Å². The summed E-state index contributed by atoms with van der Waals surface area (Å²) in [5, 5.41) is 3.34. The van der Waals surface area contributed by atoms with Crippen molar-refractivity contribution in [3.05, 3.63) is 29.6 Å². The maximum Gasteiger partial charge on any atom is 0.125 e. The Kier molecular flexibility index (Phi) is 3.72. The van der Waals surface area contributed by atoms with Crippen LogP contribution in [0, 0.1) is 11.7 Å². The number of hydrogen-bond acceptors (Lipinski definition) is 2. The first-order valence-corrected chi connectivity index (χ1v) is 7.81. The Morgan fingerprint density at radius 2 is 2.10 bits per heavy atom. The number of rotatable bonds is 2. The molecule has 0 aromatic heterocycles. The van der Waals surface area contributed by atoms with Gasteiger partial charge in [0.1, 0.15) is 17.2 Å². The third-order valence-electron chi connectivity index (χ3n) is 5.19. The molecule has 2 aliphatic rings. The number of nitrogens with one attached hydrogen (secondary N) is 1. The predicted molar refractivity (Wildman–Crippen MR) is 78.4 cm³/mol. The summed E-state index contributed by atoms with van der Waals surface area (Å²) in [6.45, 7) is 2.28. The molecule has 1 aliphatic heterocycles. The number of ether oxygens (including phenoxy) is 1. The number of halogens is 1. The van der Waals surface area contributed by atoms with E-state index in [-0.39, 0.29) is 17.5 Å². The molecule has 2 nitrogen and oxygen atoms in total. The van der Waals surface area contributed by atoms with E-state index in [1.54, 1.807) is 12.1 Å². The molecule has 0 bridgehead atoms. The lowest BCUT2D eigenvalue weighted by atomic mass is 9.73. The van der Waals surface area contributed by atoms with Gasteiger partial charge in [0, 0.05) is 18.0 Å². The van der Waals surface area contributed by atoms with Gasteiger partial charge in [-0.1, -0.05) is 13.3 Å². The van der Waals surface area contributed by atoms with Crippen LogP contribution in [0.1, 0.15) is 57.1 Å². The minimum atomic E-state index is -0.182. The summed E-state index contributed by atoms with van der Waals surface area (Å²) in [4.78, 5) is 0. The van der Waals surface area contributed by atoms with E-state index in [2.05, 4.69) is 12.2 Å². The maximum atomic E-state index is 13.5. The zero-order chi connectivity index (χ0) is 14.2. The average Bonchev–Trinajstić information content (AvgIpc) is 2.48. The van der Waals surface area contributed by atoms with Crippen LogP contribution in [0.25, 0.3) is 0 Å². The summed E-state index contributed by atoms with van der Waals surface area (Å²) in [6.07, 6.45) is 6.98. The Balaban J connectivity index is 1.86. The zero-order valence-electron chi connectivity index (χ0n) is 12.4. The predicted octanol–water partition coefficient (Wildman–Crippen LogP) is 4.21. The molecule has 20 heavy (non-hydrogen) atoms. The van der Waals surface area contributed by atoms with Crippen molar-refractivity contribution in [2.45, 2.75) is 57.1 Å². The molecule has 1 N–H and O–H groups in total. The standard InChI is InChI=1S/C17H24FNO/c1-3-12-6-8-17(9-7-12)11-15(19-2)14-10-13(18)4-5-16(14)20-17/h4-5,10,12,15,19H,3,6-9,11H2,1-2H3. The van der Waals surface area contributed by atoms with Gasteiger partial charge in [0.25, 0.3) is 0 Å². The molecule has 0 radical (unpaired) electrons. The average molecular weight is 277 g/mol. The van der Waals surface area contributed by atoms with Gasteiger partial charge in [-0.05, 0) is 56.8 Å². The Labute approximate surface area is 120 Å². The summed E-state index contributed by atoms with van der Waals surface area (Å²) in [5.41, 5.74) is 0.931. The second kappa shape index (κ2) is 5.36. The zero-order valence-corrected chi connectivity index (χ0v) is 12.4. The van der Waals surface area contributed by atoms with Crippen molar-refractivity contribution in [2.75, 3.05) is 7.05 Å². The van der Waals surface area contributed by atoms with Crippen molar-refractivity contribution in [1.29, 1.82) is 0 Å². The Morgan fingerprint density at radius 1 is 1.35 bits per heavy atom. The third-order valence-corrected chi connectivity index (χ3v) is 5.19. The molecule has 1 aromatic carbocycles. The molecule has 1 unspecified atom stereocenters. The van der Waals surface area contributed by atoms with Gasteiger partial charge in [-0.15, -0.1) is 0 Å². The van der Waals surface area contributed by atoms with Gasteiger partial charge in [-0.3, -0.25) is 0 Å². The Morgan fingerprint density at radius 3 is 2.75 bits per heavy atom. The molecule has 0 saturated heterocycles. The van der Waals surface area contributed by atoms with Gasteiger partial charge in [0.2, 0.25) is 0 Å². The summed E-state index contributed by atoms with van der Waals surface area (Å²) < 4.78 is 19.8. The van der Waals surface area contributed by atoms with Gasteiger partial charge in [0.15, 0.2) is 0 Å². The number of hydrogen-bond donors (Lipinski definition) is 1. The lowest BCUT2D eigenvalue weighted by Crippen LogP contribution is -2.46. The molecule has 110 valence electrons. The van der Waals surface area contributed by atoms with E-state index < -0.39 is 0 Å². The van der Waals surface area contributed by atoms with Crippen LogP contribution in [0.2, 0.25) is 0 Å². The van der Waals surface area contributed by atoms with E-state index >= 15 is 0 Å². The highest BCUT2D eigenvalue weighted by molar-refractivity contribution is 5.39. The fourth-order valence-corrected chi connectivity index (χ4v) is 3.82. The van der Waals surface area contributed by atoms with E-state index in [4.69, 9.17) is 4.74 Å². The van der Waals surface area contributed by atoms with Crippen LogP contribution >= 0.6 is 0 Å². The maximum absolute atomic E-state index is 13.5. The van der Waals surface area contributed by atoms with Crippen molar-refractivity contribution < 1.29 is 9.13 Å². The van der Waals surface area contributed by atoms with Gasteiger partial charge in [-0.25, -0.2) is 4.39 Å². The first kappa shape index (κ1) is 13.9. The van der Waals surface area contributed by atoms with Gasteiger partial charge >= 0.3 is 0 Å². The first-order valence-electron chi connectivity index (χ1n) is 7.81. The normalized spacial score (nSPS) is 32.8. The highest BCUT2D eigenvalue weighted by atomic mass is 19.1. The second-order valence-electron chi connectivity index (χ2n) is 6.36. The van der Waals surface area contributed by atoms with E-state index in [1.807, 2.05) is 7.05 Å². The molecule has 0 amide bonds. The van der Waals surface area contributed by atoms with E-state index in [0.29, 0.717) is 0 Å². The molecule has 1 heterocycles. The summed E-state index contributed by atoms with van der Waals surface area (Å²) in [6, 6.07) is 5.11. The van der Waals surface area contributed by atoms with Crippen LogP contribution in [0.3, 0.4) is 0 Å². The summed E-state index contributed by atoms with van der Waals surface area (Å²) in [7, 11) is 1.95. The molecule has 3 heteroatoms. The summed E-state index contributed by atoms with van der Waals surface area (Å²) in [5.74, 6) is 1.54. The van der Waals surface area contributed by atoms with Crippen molar-refractivity contribution in [3.63, 3.8) is 0 Å². The van der Waals surface area contributed by atoms with Crippen LogP contribution in [0.15, 0.2) is 18.2 Å². The molecule has 1 atom stereocenters. The molecule has 1 aliphatic carbocycles. The fourth-order valence-electron chi connectivity index (χ4n) is 3.82. The van der Waals surface area contributed by atoms with Gasteiger partial charge < -0.3 is 10.1 Å². The minimum Gasteiger partial charge on any atom is -0.487 e. The van der Waals surface area contributed by atoms with E-state index in [9.17, 15) is 4.39 Å². The van der Waals surface area contributed by atoms with Crippen molar-refractivity contribution in [2.24, 2.45) is 5.92 Å². The fraction of sp³-hybridized carbons (Fsp3) is 0.647. The van der Waals surface area contributed by atoms with Gasteiger partial charge in [0.05, 0.1) is 0 Å². The molecule has 1 saturated carbocycles. The largest absolute Gasteiger partial charge is 0.487 e. The SMILES string of the molecule is CCC1CCC2(CC1)CC(NC)c1cc(F)ccc1O2. The third kappa shape index (κ3) is 2.44.